The summed E-state index contributed by atoms with van der Waals surface area (Å²) in [5, 5.41) is 32.6. The maximum atomic E-state index is 11.2. The Balaban J connectivity index is 1.62. The van der Waals surface area contributed by atoms with Crippen LogP contribution >= 0.6 is 0 Å². The quantitative estimate of drug-likeness (QED) is 0.337. The third-order valence-corrected chi connectivity index (χ3v) is 8.48. The van der Waals surface area contributed by atoms with Crippen molar-refractivity contribution in [2.75, 3.05) is 0 Å². The van der Waals surface area contributed by atoms with Crippen molar-refractivity contribution in [1.82, 2.24) is 0 Å². The summed E-state index contributed by atoms with van der Waals surface area (Å²) >= 11 is 0. The molecule has 3 N–H and O–H groups in total. The van der Waals surface area contributed by atoms with E-state index in [9.17, 15) is 20.1 Å². The lowest BCUT2D eigenvalue weighted by Crippen LogP contribution is -2.58. The lowest BCUT2D eigenvalue weighted by Gasteiger charge is -2.59. The fraction of sp³-hybridized carbons (Fsp3) is 0.783. The topological polar surface area (TPSA) is 87.0 Å². The van der Waals surface area contributed by atoms with E-state index in [0.29, 0.717) is 31.1 Å². The number of fused-ring (bicyclic) bond motifs is 5. The Hall–Kier alpha value is -1.35. The minimum atomic E-state index is -0.612. The molecule has 4 aliphatic rings. The summed E-state index contributed by atoms with van der Waals surface area (Å²) < 4.78 is 4.73. The second-order valence-electron chi connectivity index (χ2n) is 9.97. The fourth-order valence-corrected chi connectivity index (χ4v) is 7.14. The average molecular weight is 389 g/mol. The van der Waals surface area contributed by atoms with E-state index in [1.54, 1.807) is 0 Å². The molecule has 5 nitrogen and oxygen atoms in total. The molecule has 0 spiro atoms. The van der Waals surface area contributed by atoms with Crippen molar-refractivity contribution in [3.63, 3.8) is 0 Å². The van der Waals surface area contributed by atoms with Gasteiger partial charge in [-0.25, -0.2) is 0 Å². The van der Waals surface area contributed by atoms with Crippen LogP contribution in [0.15, 0.2) is 11.6 Å². The van der Waals surface area contributed by atoms with E-state index < -0.39 is 18.2 Å². The molecule has 154 valence electrons. The molecule has 4 rings (SSSR count). The van der Waals surface area contributed by atoms with E-state index >= 15 is 0 Å². The Morgan fingerprint density at radius 1 is 1.18 bits per heavy atom. The molecule has 0 aliphatic heterocycles. The minimum absolute atomic E-state index is 0.105. The van der Waals surface area contributed by atoms with Crippen LogP contribution in [0.25, 0.3) is 0 Å². The zero-order valence-corrected chi connectivity index (χ0v) is 17.0. The molecule has 3 fully saturated rings. The molecular weight excluding hydrogens is 356 g/mol. The first kappa shape index (κ1) is 19.9. The maximum Gasteiger partial charge on any atom is 0.316 e. The van der Waals surface area contributed by atoms with Gasteiger partial charge in [0.15, 0.2) is 0 Å². The number of aliphatic hydroxyl groups is 3. The Morgan fingerprint density at radius 3 is 2.64 bits per heavy atom. The van der Waals surface area contributed by atoms with Crippen molar-refractivity contribution in [3.8, 4) is 12.0 Å². The van der Waals surface area contributed by atoms with Gasteiger partial charge in [0, 0.05) is 6.92 Å². The van der Waals surface area contributed by atoms with Crippen molar-refractivity contribution in [3.05, 3.63) is 11.6 Å². The Bertz CT molecular complexity index is 748. The van der Waals surface area contributed by atoms with Crippen molar-refractivity contribution in [1.29, 1.82) is 0 Å². The first-order valence-electron chi connectivity index (χ1n) is 10.6. The number of esters is 1. The molecule has 0 saturated heterocycles. The summed E-state index contributed by atoms with van der Waals surface area (Å²) in [6.45, 7) is 5.64. The molecule has 3 saturated carbocycles. The van der Waals surface area contributed by atoms with Crippen molar-refractivity contribution < 1.29 is 24.9 Å². The molecule has 9 atom stereocenters. The highest BCUT2D eigenvalue weighted by Gasteiger charge is 2.62. The highest BCUT2D eigenvalue weighted by atomic mass is 16.5. The molecule has 4 aliphatic carbocycles. The first-order valence-corrected chi connectivity index (χ1v) is 10.6. The van der Waals surface area contributed by atoms with Crippen LogP contribution in [0.1, 0.15) is 59.3 Å². The normalized spacial score (nSPS) is 49.6. The van der Waals surface area contributed by atoms with E-state index in [1.807, 2.05) is 0 Å². The van der Waals surface area contributed by atoms with E-state index in [-0.39, 0.29) is 28.8 Å². The second kappa shape index (κ2) is 6.86. The van der Waals surface area contributed by atoms with Gasteiger partial charge < -0.3 is 20.1 Å². The predicted octanol–water partition coefficient (Wildman–Crippen LogP) is 2.39. The van der Waals surface area contributed by atoms with Gasteiger partial charge in [0.1, 0.15) is 6.11 Å². The lowest BCUT2D eigenvalue weighted by molar-refractivity contribution is -0.141. The number of rotatable bonds is 0. The number of aliphatic hydroxyl groups excluding tert-OH is 3. The average Bonchev–Trinajstić information content (AvgIpc) is 2.89. The third kappa shape index (κ3) is 2.93. The van der Waals surface area contributed by atoms with Gasteiger partial charge in [0.25, 0.3) is 0 Å². The van der Waals surface area contributed by atoms with Gasteiger partial charge in [-0.1, -0.05) is 31.4 Å². The van der Waals surface area contributed by atoms with Crippen LogP contribution in [0, 0.1) is 46.5 Å². The summed E-state index contributed by atoms with van der Waals surface area (Å²) in [6, 6.07) is 0. The second-order valence-corrected chi connectivity index (χ2v) is 9.97. The molecular formula is C23H32O5. The molecule has 0 aromatic heterocycles. The van der Waals surface area contributed by atoms with E-state index in [0.717, 1.165) is 19.3 Å². The van der Waals surface area contributed by atoms with Gasteiger partial charge in [-0.2, -0.15) is 0 Å². The predicted molar refractivity (Wildman–Crippen MR) is 104 cm³/mol. The summed E-state index contributed by atoms with van der Waals surface area (Å²) in [5.41, 5.74) is 0.812. The van der Waals surface area contributed by atoms with Crippen LogP contribution < -0.4 is 0 Å². The number of hydrogen-bond donors (Lipinski definition) is 3. The van der Waals surface area contributed by atoms with Crippen LogP contribution in [0.4, 0.5) is 0 Å². The highest BCUT2D eigenvalue weighted by molar-refractivity contribution is 5.67. The van der Waals surface area contributed by atoms with Crippen LogP contribution in [-0.2, 0) is 9.53 Å². The molecule has 0 bridgehead atoms. The van der Waals surface area contributed by atoms with Crippen molar-refractivity contribution in [2.24, 2.45) is 34.5 Å². The summed E-state index contributed by atoms with van der Waals surface area (Å²) in [5.74, 6) is 3.07. The first-order chi connectivity index (χ1) is 13.2. The monoisotopic (exact) mass is 388 g/mol. The van der Waals surface area contributed by atoms with Gasteiger partial charge in [-0.05, 0) is 67.1 Å². The summed E-state index contributed by atoms with van der Waals surface area (Å²) in [4.78, 5) is 10.9. The molecule has 0 aromatic carbocycles. The molecule has 4 unspecified atom stereocenters. The van der Waals surface area contributed by atoms with Crippen LogP contribution in [0.3, 0.4) is 0 Å². The molecule has 0 heterocycles. The molecule has 0 aromatic rings. The Morgan fingerprint density at radius 2 is 1.93 bits per heavy atom. The van der Waals surface area contributed by atoms with Gasteiger partial charge in [0.2, 0.25) is 0 Å². The van der Waals surface area contributed by atoms with Crippen LogP contribution in [0.5, 0.6) is 0 Å². The smallest absolute Gasteiger partial charge is 0.316 e. The van der Waals surface area contributed by atoms with E-state index in [1.165, 1.54) is 12.5 Å². The van der Waals surface area contributed by atoms with Crippen LogP contribution in [-0.4, -0.2) is 39.6 Å². The largest absolute Gasteiger partial charge is 0.393 e. The number of hydrogen-bond acceptors (Lipinski definition) is 5. The van der Waals surface area contributed by atoms with Crippen LogP contribution in [0.2, 0.25) is 0 Å². The lowest BCUT2D eigenvalue weighted by atomic mass is 9.46. The summed E-state index contributed by atoms with van der Waals surface area (Å²) in [7, 11) is 0. The maximum absolute atomic E-state index is 11.2. The van der Waals surface area contributed by atoms with Gasteiger partial charge in [0.05, 0.1) is 24.2 Å². The number of carbonyl (C=O) groups excluding carboxylic acids is 1. The number of allylic oxidation sites excluding steroid dienone is 2. The standard InChI is InChI=1S/C23H32O5/c1-13(24)28-9-8-14-10-15-4-5-16-17-6-7-20(27)23(17,3)12-19(26)21(16)22(15,2)11-18(14)25/h4,14,16-21,25-27H,5-7,10-12H2,1-3H3/t14?,16-,17-,18?,19?,20?,21-,22-,23-/m0/s1. The third-order valence-electron chi connectivity index (χ3n) is 8.48. The Labute approximate surface area is 167 Å². The van der Waals surface area contributed by atoms with E-state index in [2.05, 4.69) is 32.0 Å². The fourth-order valence-electron chi connectivity index (χ4n) is 7.14. The Kier molecular flexibility index (Phi) is 4.89. The highest BCUT2D eigenvalue weighted by Crippen LogP contribution is 2.65. The van der Waals surface area contributed by atoms with Gasteiger partial charge in [-0.3, -0.25) is 4.79 Å². The molecule has 5 heteroatoms. The van der Waals surface area contributed by atoms with E-state index in [4.69, 9.17) is 4.74 Å². The minimum Gasteiger partial charge on any atom is -0.393 e. The number of ether oxygens (including phenoxy) is 1. The number of carbonyl (C=O) groups is 1. The zero-order valence-electron chi connectivity index (χ0n) is 17.0. The summed E-state index contributed by atoms with van der Waals surface area (Å²) in [6.07, 6.45) is 7.92. The SMILES string of the molecule is CC(=O)OC#CC1CC2=CC[C@@H]3[C@@H](C(O)C[C@]4(C)C(O)CC[C@@H]34)[C@@]2(C)CC1O. The molecule has 28 heavy (non-hydrogen) atoms. The zero-order chi connectivity index (χ0) is 20.3. The van der Waals surface area contributed by atoms with Gasteiger partial charge >= 0.3 is 5.97 Å². The molecule has 0 radical (unpaired) electrons. The van der Waals surface area contributed by atoms with Crippen molar-refractivity contribution >= 4 is 5.97 Å². The van der Waals surface area contributed by atoms with Crippen molar-refractivity contribution in [2.45, 2.75) is 77.6 Å². The molecule has 0 amide bonds. The van der Waals surface area contributed by atoms with Gasteiger partial charge in [-0.15, -0.1) is 0 Å².